The Bertz CT molecular complexity index is 1000. The van der Waals surface area contributed by atoms with Gasteiger partial charge in [0.25, 0.3) is 0 Å². The fourth-order valence-corrected chi connectivity index (χ4v) is 3.55. The lowest BCUT2D eigenvalue weighted by molar-refractivity contribution is -0.123. The lowest BCUT2D eigenvalue weighted by atomic mass is 9.95. The van der Waals surface area contributed by atoms with Crippen molar-refractivity contribution >= 4 is 40.0 Å². The number of carbonyl (C=O) groups excluding carboxylic acids is 2. The van der Waals surface area contributed by atoms with Gasteiger partial charge in [-0.2, -0.15) is 0 Å². The molecule has 1 atom stereocenters. The van der Waals surface area contributed by atoms with E-state index in [4.69, 9.17) is 0 Å². The summed E-state index contributed by atoms with van der Waals surface area (Å²) in [6.07, 6.45) is 1.52. The van der Waals surface area contributed by atoms with Gasteiger partial charge < -0.3 is 5.32 Å². The Morgan fingerprint density at radius 2 is 1.68 bits per heavy atom. The zero-order chi connectivity index (χ0) is 20.3. The summed E-state index contributed by atoms with van der Waals surface area (Å²) in [6, 6.07) is 14.8. The van der Waals surface area contributed by atoms with E-state index < -0.39 is 5.41 Å². The normalized spacial score (nSPS) is 12.6. The van der Waals surface area contributed by atoms with Gasteiger partial charge >= 0.3 is 0 Å². The molecular formula is C22H23N3O2S. The minimum atomic E-state index is -0.472. The third-order valence-electron chi connectivity index (χ3n) is 4.27. The van der Waals surface area contributed by atoms with Crippen LogP contribution in [-0.2, 0) is 4.79 Å². The van der Waals surface area contributed by atoms with Crippen LogP contribution in [0.15, 0.2) is 59.9 Å². The number of ketones is 1. The number of hydrogen-bond donors (Lipinski definition) is 1. The predicted molar refractivity (Wildman–Crippen MR) is 114 cm³/mol. The van der Waals surface area contributed by atoms with Crippen molar-refractivity contribution < 1.29 is 9.59 Å². The molecule has 0 bridgehead atoms. The second kappa shape index (κ2) is 8.10. The number of hydrogen-bond acceptors (Lipinski definition) is 5. The first-order valence-corrected chi connectivity index (χ1v) is 9.96. The molecule has 6 heteroatoms. The molecule has 1 heterocycles. The summed E-state index contributed by atoms with van der Waals surface area (Å²) in [5.41, 5.74) is 1.67. The highest BCUT2D eigenvalue weighted by molar-refractivity contribution is 8.00. The van der Waals surface area contributed by atoms with E-state index in [0.29, 0.717) is 11.3 Å². The number of carbonyl (C=O) groups is 2. The van der Waals surface area contributed by atoms with Crippen LogP contribution in [-0.4, -0.2) is 26.9 Å². The maximum absolute atomic E-state index is 12.8. The summed E-state index contributed by atoms with van der Waals surface area (Å²) in [6.45, 7) is 7.45. The highest BCUT2D eigenvalue weighted by atomic mass is 32.2. The summed E-state index contributed by atoms with van der Waals surface area (Å²) in [4.78, 5) is 33.5. The van der Waals surface area contributed by atoms with Gasteiger partial charge in [-0.3, -0.25) is 9.59 Å². The molecule has 3 aromatic rings. The van der Waals surface area contributed by atoms with Gasteiger partial charge in [0.05, 0.1) is 10.8 Å². The monoisotopic (exact) mass is 393 g/mol. The first kappa shape index (κ1) is 20.0. The maximum Gasteiger partial charge on any atom is 0.229 e. The standard InChI is InChI=1S/C22H23N3O2S/c1-14(28-20-17-7-5-6-8-18(17)23-13-24-20)19(26)15-9-11-16(12-10-15)25-21(27)22(2,3)4/h5-14H,1-4H3,(H,25,27)/t14-/m0/s1. The second-order valence-electron chi connectivity index (χ2n) is 7.60. The van der Waals surface area contributed by atoms with Crippen molar-refractivity contribution in [2.75, 3.05) is 5.32 Å². The van der Waals surface area contributed by atoms with Gasteiger partial charge in [-0.05, 0) is 37.3 Å². The SMILES string of the molecule is C[C@H](Sc1ncnc2ccccc12)C(=O)c1ccc(NC(=O)C(C)(C)C)cc1. The van der Waals surface area contributed by atoms with Gasteiger partial charge in [0.1, 0.15) is 11.4 Å². The number of para-hydroxylation sites is 1. The van der Waals surface area contributed by atoms with Crippen LogP contribution in [0.25, 0.3) is 10.9 Å². The number of aromatic nitrogens is 2. The van der Waals surface area contributed by atoms with Crippen molar-refractivity contribution in [1.29, 1.82) is 0 Å². The van der Waals surface area contributed by atoms with Crippen molar-refractivity contribution in [2.45, 2.75) is 38.0 Å². The van der Waals surface area contributed by atoms with Crippen LogP contribution in [0.2, 0.25) is 0 Å². The first-order chi connectivity index (χ1) is 13.3. The summed E-state index contributed by atoms with van der Waals surface area (Å²) in [5, 5.41) is 4.30. The Labute approximate surface area is 169 Å². The number of benzene rings is 2. The molecule has 5 nitrogen and oxygen atoms in total. The number of anilines is 1. The molecule has 0 saturated carbocycles. The molecule has 0 fully saturated rings. The van der Waals surface area contributed by atoms with Crippen LogP contribution < -0.4 is 5.32 Å². The van der Waals surface area contributed by atoms with Crippen molar-refractivity contribution in [1.82, 2.24) is 9.97 Å². The molecule has 0 aliphatic heterocycles. The molecule has 1 amide bonds. The Morgan fingerprint density at radius 1 is 1.00 bits per heavy atom. The fourth-order valence-electron chi connectivity index (χ4n) is 2.57. The van der Waals surface area contributed by atoms with Crippen molar-refractivity contribution in [3.8, 4) is 0 Å². The molecule has 1 N–H and O–H groups in total. The molecule has 0 aliphatic rings. The largest absolute Gasteiger partial charge is 0.326 e. The number of rotatable bonds is 5. The van der Waals surface area contributed by atoms with Crippen LogP contribution in [0.4, 0.5) is 5.69 Å². The Balaban J connectivity index is 1.72. The third kappa shape index (κ3) is 4.57. The van der Waals surface area contributed by atoms with Crippen LogP contribution in [0.1, 0.15) is 38.1 Å². The molecule has 0 aliphatic carbocycles. The Kier molecular flexibility index (Phi) is 5.79. The van der Waals surface area contributed by atoms with E-state index in [1.807, 2.05) is 52.0 Å². The third-order valence-corrected chi connectivity index (χ3v) is 5.39. The van der Waals surface area contributed by atoms with Crippen LogP contribution in [0.3, 0.4) is 0 Å². The number of amides is 1. The second-order valence-corrected chi connectivity index (χ2v) is 8.93. The highest BCUT2D eigenvalue weighted by Crippen LogP contribution is 2.29. The fraction of sp³-hybridized carbons (Fsp3) is 0.273. The summed E-state index contributed by atoms with van der Waals surface area (Å²) in [7, 11) is 0. The minimum absolute atomic E-state index is 0.0152. The lowest BCUT2D eigenvalue weighted by Gasteiger charge is -2.18. The quantitative estimate of drug-likeness (QED) is 0.376. The van der Waals surface area contributed by atoms with Gasteiger partial charge in [0.15, 0.2) is 5.78 Å². The molecular weight excluding hydrogens is 370 g/mol. The molecule has 0 spiro atoms. The number of Topliss-reactive ketones (excluding diaryl/α,β-unsaturated/α-hetero) is 1. The molecule has 0 unspecified atom stereocenters. The maximum atomic E-state index is 12.8. The zero-order valence-electron chi connectivity index (χ0n) is 16.4. The molecule has 2 aromatic carbocycles. The van der Waals surface area contributed by atoms with Crippen LogP contribution >= 0.6 is 11.8 Å². The van der Waals surface area contributed by atoms with E-state index >= 15 is 0 Å². The van der Waals surface area contributed by atoms with Gasteiger partial charge in [0, 0.05) is 22.1 Å². The number of fused-ring (bicyclic) bond motifs is 1. The van der Waals surface area contributed by atoms with Gasteiger partial charge in [-0.25, -0.2) is 9.97 Å². The lowest BCUT2D eigenvalue weighted by Crippen LogP contribution is -2.27. The highest BCUT2D eigenvalue weighted by Gasteiger charge is 2.22. The predicted octanol–water partition coefficient (Wildman–Crippen LogP) is 4.98. The summed E-state index contributed by atoms with van der Waals surface area (Å²) >= 11 is 1.42. The van der Waals surface area contributed by atoms with Gasteiger partial charge in [-0.15, -0.1) is 0 Å². The number of nitrogens with zero attached hydrogens (tertiary/aromatic N) is 2. The average Bonchev–Trinajstić information content (AvgIpc) is 2.67. The number of nitrogens with one attached hydrogen (secondary N) is 1. The van der Waals surface area contributed by atoms with E-state index in [1.165, 1.54) is 18.1 Å². The summed E-state index contributed by atoms with van der Waals surface area (Å²) < 4.78 is 0. The van der Waals surface area contributed by atoms with Crippen LogP contribution in [0, 0.1) is 5.41 Å². The van der Waals surface area contributed by atoms with E-state index in [0.717, 1.165) is 15.9 Å². The van der Waals surface area contributed by atoms with Gasteiger partial charge in [0.2, 0.25) is 5.91 Å². The summed E-state index contributed by atoms with van der Waals surface area (Å²) in [5.74, 6) is -0.0486. The number of thioether (sulfide) groups is 1. The smallest absolute Gasteiger partial charge is 0.229 e. The minimum Gasteiger partial charge on any atom is -0.326 e. The van der Waals surface area contributed by atoms with E-state index in [2.05, 4.69) is 15.3 Å². The molecule has 144 valence electrons. The molecule has 0 saturated heterocycles. The zero-order valence-corrected chi connectivity index (χ0v) is 17.2. The Hall–Kier alpha value is -2.73. The molecule has 28 heavy (non-hydrogen) atoms. The van der Waals surface area contributed by atoms with Crippen molar-refractivity contribution in [3.63, 3.8) is 0 Å². The first-order valence-electron chi connectivity index (χ1n) is 9.08. The van der Waals surface area contributed by atoms with Crippen LogP contribution in [0.5, 0.6) is 0 Å². The molecule has 3 rings (SSSR count). The molecule has 1 aromatic heterocycles. The molecule has 0 radical (unpaired) electrons. The van der Waals surface area contributed by atoms with E-state index in [-0.39, 0.29) is 16.9 Å². The van der Waals surface area contributed by atoms with E-state index in [9.17, 15) is 9.59 Å². The average molecular weight is 394 g/mol. The van der Waals surface area contributed by atoms with Crippen molar-refractivity contribution in [3.05, 3.63) is 60.4 Å². The van der Waals surface area contributed by atoms with E-state index in [1.54, 1.807) is 24.3 Å². The van der Waals surface area contributed by atoms with Gasteiger partial charge in [-0.1, -0.05) is 50.7 Å². The van der Waals surface area contributed by atoms with Crippen molar-refractivity contribution in [2.24, 2.45) is 5.41 Å². The topological polar surface area (TPSA) is 72.0 Å². The Morgan fingerprint density at radius 3 is 2.36 bits per heavy atom.